The molecule has 35 heavy (non-hydrogen) atoms. The second-order valence-electron chi connectivity index (χ2n) is 8.77. The summed E-state index contributed by atoms with van der Waals surface area (Å²) in [5.74, 6) is 0.932. The van der Waals surface area contributed by atoms with E-state index in [-0.39, 0.29) is 23.3 Å². The molecule has 11 heteroatoms. The summed E-state index contributed by atoms with van der Waals surface area (Å²) in [6.07, 6.45) is 5.23. The summed E-state index contributed by atoms with van der Waals surface area (Å²) >= 11 is 0. The van der Waals surface area contributed by atoms with Gasteiger partial charge in [0.05, 0.1) is 17.0 Å². The fourth-order valence-corrected chi connectivity index (χ4v) is 5.40. The normalized spacial score (nSPS) is 15.1. The average Bonchev–Trinajstić information content (AvgIpc) is 3.51. The molecule has 2 aromatic carbocycles. The predicted octanol–water partition coefficient (Wildman–Crippen LogP) is 2.13. The van der Waals surface area contributed by atoms with E-state index in [1.54, 1.807) is 23.2 Å². The standard InChI is InChI=1S/C24H27N7O3S/c1-18-6-8-20(9-7-18)35(33,34)26-16-23(32)29-13-10-19(11-14-29)24-25-12-15-30(24)17-31-22-5-3-2-4-21(22)27-28-31/h2-9,12,15,19,26H,10-11,13-14,16-17H2,1H3. The number of sulfonamides is 1. The van der Waals surface area contributed by atoms with E-state index in [9.17, 15) is 13.2 Å². The van der Waals surface area contributed by atoms with E-state index in [0.29, 0.717) is 19.8 Å². The summed E-state index contributed by atoms with van der Waals surface area (Å²) in [4.78, 5) is 19.1. The van der Waals surface area contributed by atoms with Crippen LogP contribution in [0.1, 0.15) is 30.1 Å². The summed E-state index contributed by atoms with van der Waals surface area (Å²) in [5, 5.41) is 8.48. The molecular formula is C24H27N7O3S. The molecule has 0 saturated carbocycles. The number of amides is 1. The molecule has 10 nitrogen and oxygen atoms in total. The van der Waals surface area contributed by atoms with Gasteiger partial charge in [0, 0.05) is 31.4 Å². The molecular weight excluding hydrogens is 466 g/mol. The topological polar surface area (TPSA) is 115 Å². The lowest BCUT2D eigenvalue weighted by Gasteiger charge is -2.32. The van der Waals surface area contributed by atoms with Gasteiger partial charge < -0.3 is 9.47 Å². The summed E-state index contributed by atoms with van der Waals surface area (Å²) in [7, 11) is -3.73. The quantitative estimate of drug-likeness (QED) is 0.422. The van der Waals surface area contributed by atoms with Crippen molar-refractivity contribution in [3.8, 4) is 0 Å². The number of likely N-dealkylation sites (tertiary alicyclic amines) is 1. The lowest BCUT2D eigenvalue weighted by Crippen LogP contribution is -2.44. The van der Waals surface area contributed by atoms with Crippen LogP contribution in [0.2, 0.25) is 0 Å². The molecule has 182 valence electrons. The van der Waals surface area contributed by atoms with Gasteiger partial charge in [-0.15, -0.1) is 5.10 Å². The molecule has 1 fully saturated rings. The Morgan fingerprint density at radius 3 is 2.60 bits per heavy atom. The van der Waals surface area contributed by atoms with Gasteiger partial charge in [0.2, 0.25) is 15.9 Å². The van der Waals surface area contributed by atoms with Gasteiger partial charge in [0.15, 0.2) is 0 Å². The number of rotatable bonds is 7. The zero-order chi connectivity index (χ0) is 24.4. The largest absolute Gasteiger partial charge is 0.342 e. The van der Waals surface area contributed by atoms with Crippen LogP contribution in [-0.4, -0.2) is 63.4 Å². The number of aryl methyl sites for hydroxylation is 1. The van der Waals surface area contributed by atoms with E-state index in [1.165, 1.54) is 12.1 Å². The molecule has 2 aromatic heterocycles. The Labute approximate surface area is 203 Å². The van der Waals surface area contributed by atoms with E-state index in [2.05, 4.69) is 24.6 Å². The minimum absolute atomic E-state index is 0.154. The van der Waals surface area contributed by atoms with E-state index in [4.69, 9.17) is 0 Å². The van der Waals surface area contributed by atoms with Crippen molar-refractivity contribution >= 4 is 27.0 Å². The minimum atomic E-state index is -3.73. The summed E-state index contributed by atoms with van der Waals surface area (Å²) < 4.78 is 31.3. The van der Waals surface area contributed by atoms with E-state index in [1.807, 2.05) is 42.1 Å². The van der Waals surface area contributed by atoms with Crippen molar-refractivity contribution in [1.29, 1.82) is 0 Å². The Bertz CT molecular complexity index is 1440. The minimum Gasteiger partial charge on any atom is -0.342 e. The van der Waals surface area contributed by atoms with Crippen molar-refractivity contribution in [2.45, 2.75) is 37.2 Å². The number of para-hydroxylation sites is 1. The second-order valence-corrected chi connectivity index (χ2v) is 10.5. The third-order valence-electron chi connectivity index (χ3n) is 6.41. The summed E-state index contributed by atoms with van der Waals surface area (Å²) in [6, 6.07) is 14.4. The Kier molecular flexibility index (Phi) is 6.35. The third-order valence-corrected chi connectivity index (χ3v) is 7.83. The number of piperidine rings is 1. The third kappa shape index (κ3) is 4.96. The first kappa shape index (κ1) is 23.2. The van der Waals surface area contributed by atoms with E-state index < -0.39 is 10.0 Å². The van der Waals surface area contributed by atoms with Crippen LogP contribution in [0.15, 0.2) is 65.8 Å². The predicted molar refractivity (Wildman–Crippen MR) is 130 cm³/mol. The number of hydrogen-bond acceptors (Lipinski definition) is 6. The molecule has 0 atom stereocenters. The SMILES string of the molecule is Cc1ccc(S(=O)(=O)NCC(=O)N2CCC(c3nccn3Cn3nnc4ccccc43)CC2)cc1. The first-order valence-electron chi connectivity index (χ1n) is 11.5. The average molecular weight is 494 g/mol. The van der Waals surface area contributed by atoms with Gasteiger partial charge in [-0.05, 0) is 44.0 Å². The van der Waals surface area contributed by atoms with Gasteiger partial charge >= 0.3 is 0 Å². The highest BCUT2D eigenvalue weighted by atomic mass is 32.2. The number of benzene rings is 2. The molecule has 0 radical (unpaired) electrons. The summed E-state index contributed by atoms with van der Waals surface area (Å²) in [5.41, 5.74) is 2.78. The first-order chi connectivity index (χ1) is 16.9. The summed E-state index contributed by atoms with van der Waals surface area (Å²) in [6.45, 7) is 3.24. The highest BCUT2D eigenvalue weighted by Crippen LogP contribution is 2.27. The highest BCUT2D eigenvalue weighted by Gasteiger charge is 2.27. The van der Waals surface area contributed by atoms with Crippen LogP contribution in [-0.2, 0) is 21.5 Å². The maximum Gasteiger partial charge on any atom is 0.241 e. The second kappa shape index (κ2) is 9.59. The van der Waals surface area contributed by atoms with Gasteiger partial charge in [-0.1, -0.05) is 35.0 Å². The van der Waals surface area contributed by atoms with Gasteiger partial charge in [-0.25, -0.2) is 22.8 Å². The zero-order valence-corrected chi connectivity index (χ0v) is 20.2. The monoisotopic (exact) mass is 493 g/mol. The van der Waals surface area contributed by atoms with Crippen molar-refractivity contribution in [3.05, 3.63) is 72.3 Å². The molecule has 1 saturated heterocycles. The number of imidazole rings is 1. The fourth-order valence-electron chi connectivity index (χ4n) is 4.42. The molecule has 4 aromatic rings. The first-order valence-corrected chi connectivity index (χ1v) is 13.0. The Morgan fingerprint density at radius 2 is 1.83 bits per heavy atom. The number of hydrogen-bond donors (Lipinski definition) is 1. The highest BCUT2D eigenvalue weighted by molar-refractivity contribution is 7.89. The van der Waals surface area contributed by atoms with Crippen LogP contribution in [0.3, 0.4) is 0 Å². The Morgan fingerprint density at radius 1 is 1.09 bits per heavy atom. The van der Waals surface area contributed by atoms with Gasteiger partial charge in [-0.2, -0.15) is 0 Å². The maximum atomic E-state index is 12.7. The van der Waals surface area contributed by atoms with Crippen LogP contribution in [0, 0.1) is 6.92 Å². The zero-order valence-electron chi connectivity index (χ0n) is 19.4. The van der Waals surface area contributed by atoms with Crippen LogP contribution >= 0.6 is 0 Å². The van der Waals surface area contributed by atoms with Crippen molar-refractivity contribution < 1.29 is 13.2 Å². The van der Waals surface area contributed by atoms with Crippen molar-refractivity contribution in [1.82, 2.24) is 34.2 Å². The molecule has 3 heterocycles. The molecule has 1 N–H and O–H groups in total. The van der Waals surface area contributed by atoms with Gasteiger partial charge in [0.25, 0.3) is 0 Å². The smallest absolute Gasteiger partial charge is 0.241 e. The van der Waals surface area contributed by atoms with Gasteiger partial charge in [0.1, 0.15) is 18.0 Å². The lowest BCUT2D eigenvalue weighted by atomic mass is 9.96. The van der Waals surface area contributed by atoms with E-state index in [0.717, 1.165) is 35.3 Å². The Balaban J connectivity index is 1.18. The van der Waals surface area contributed by atoms with Crippen molar-refractivity contribution in [2.24, 2.45) is 0 Å². The number of nitrogens with one attached hydrogen (secondary N) is 1. The molecule has 1 amide bonds. The van der Waals surface area contributed by atoms with Crippen LogP contribution in [0.5, 0.6) is 0 Å². The number of aromatic nitrogens is 5. The number of carbonyl (C=O) groups is 1. The van der Waals surface area contributed by atoms with Crippen molar-refractivity contribution in [2.75, 3.05) is 19.6 Å². The molecule has 0 bridgehead atoms. The fraction of sp³-hybridized carbons (Fsp3) is 0.333. The Hall–Kier alpha value is -3.57. The molecule has 0 spiro atoms. The molecule has 5 rings (SSSR count). The van der Waals surface area contributed by atoms with Gasteiger partial charge in [-0.3, -0.25) is 4.79 Å². The molecule has 1 aliphatic heterocycles. The maximum absolute atomic E-state index is 12.7. The molecule has 1 aliphatic rings. The van der Waals surface area contributed by atoms with Crippen LogP contribution in [0.25, 0.3) is 11.0 Å². The number of fused-ring (bicyclic) bond motifs is 1. The lowest BCUT2D eigenvalue weighted by molar-refractivity contribution is -0.131. The number of nitrogens with zero attached hydrogens (tertiary/aromatic N) is 6. The van der Waals surface area contributed by atoms with E-state index >= 15 is 0 Å². The van der Waals surface area contributed by atoms with Crippen LogP contribution in [0.4, 0.5) is 0 Å². The van der Waals surface area contributed by atoms with Crippen molar-refractivity contribution in [3.63, 3.8) is 0 Å². The van der Waals surface area contributed by atoms with Crippen LogP contribution < -0.4 is 4.72 Å². The molecule has 0 unspecified atom stereocenters. The molecule has 0 aliphatic carbocycles. The number of carbonyl (C=O) groups excluding carboxylic acids is 1.